The molecule has 2 N–H and O–H groups in total. The molecule has 122 valence electrons. The number of carbonyl (C=O) groups is 2. The lowest BCUT2D eigenvalue weighted by atomic mass is 10.1. The zero-order chi connectivity index (χ0) is 16.8. The van der Waals surface area contributed by atoms with E-state index in [0.29, 0.717) is 29.2 Å². The van der Waals surface area contributed by atoms with E-state index in [-0.39, 0.29) is 6.61 Å². The number of nitrogens with one attached hydrogen (secondary N) is 2. The molecular weight excluding hydrogens is 298 g/mol. The molecule has 0 fully saturated rings. The van der Waals surface area contributed by atoms with Gasteiger partial charge in [0.2, 0.25) is 0 Å². The highest BCUT2D eigenvalue weighted by Crippen LogP contribution is 2.16. The zero-order valence-corrected chi connectivity index (χ0v) is 13.3. The Morgan fingerprint density at radius 2 is 1.96 bits per heavy atom. The third-order valence-electron chi connectivity index (χ3n) is 3.26. The fourth-order valence-electron chi connectivity index (χ4n) is 2.04. The van der Waals surface area contributed by atoms with Crippen LogP contribution in [0.25, 0.3) is 0 Å². The number of carbonyl (C=O) groups excluding carboxylic acids is 2. The minimum Gasteiger partial charge on any atom is -0.483 e. The highest BCUT2D eigenvalue weighted by Gasteiger charge is 2.19. The molecule has 0 saturated carbocycles. The van der Waals surface area contributed by atoms with Crippen LogP contribution in [0.5, 0.6) is 5.75 Å². The van der Waals surface area contributed by atoms with E-state index in [0.717, 1.165) is 5.56 Å². The molecule has 7 nitrogen and oxygen atoms in total. The van der Waals surface area contributed by atoms with Crippen molar-refractivity contribution in [3.63, 3.8) is 0 Å². The van der Waals surface area contributed by atoms with Crippen molar-refractivity contribution in [2.75, 3.05) is 6.61 Å². The van der Waals surface area contributed by atoms with Gasteiger partial charge in [0.15, 0.2) is 6.61 Å². The molecular formula is C16H19N3O4. The molecule has 1 aromatic carbocycles. The first kappa shape index (κ1) is 16.5. The van der Waals surface area contributed by atoms with Crippen molar-refractivity contribution in [1.82, 2.24) is 16.0 Å². The minimum absolute atomic E-state index is 0.200. The summed E-state index contributed by atoms with van der Waals surface area (Å²) < 4.78 is 10.4. The Kier molecular flexibility index (Phi) is 5.35. The number of ether oxygens (including phenoxy) is 1. The normalized spacial score (nSPS) is 10.2. The second-order valence-corrected chi connectivity index (χ2v) is 4.97. The summed E-state index contributed by atoms with van der Waals surface area (Å²) in [6, 6.07) is 7.36. The van der Waals surface area contributed by atoms with Gasteiger partial charge in [-0.2, -0.15) is 0 Å². The van der Waals surface area contributed by atoms with E-state index in [4.69, 9.17) is 9.26 Å². The molecule has 1 aromatic heterocycles. The predicted octanol–water partition coefficient (Wildman–Crippen LogP) is 1.69. The van der Waals surface area contributed by atoms with Gasteiger partial charge in [-0.05, 0) is 31.9 Å². The Hall–Kier alpha value is -2.83. The van der Waals surface area contributed by atoms with Crippen molar-refractivity contribution < 1.29 is 18.8 Å². The molecule has 0 unspecified atom stereocenters. The van der Waals surface area contributed by atoms with E-state index in [2.05, 4.69) is 16.0 Å². The lowest BCUT2D eigenvalue weighted by Gasteiger charge is -2.10. The molecule has 7 heteroatoms. The minimum atomic E-state index is -0.468. The van der Waals surface area contributed by atoms with Crippen LogP contribution in [-0.2, 0) is 11.2 Å². The summed E-state index contributed by atoms with van der Waals surface area (Å²) in [7, 11) is 0. The quantitative estimate of drug-likeness (QED) is 0.819. The van der Waals surface area contributed by atoms with Gasteiger partial charge in [-0.3, -0.25) is 20.4 Å². The third-order valence-corrected chi connectivity index (χ3v) is 3.26. The highest BCUT2D eigenvalue weighted by molar-refractivity contribution is 5.97. The Morgan fingerprint density at radius 1 is 1.22 bits per heavy atom. The van der Waals surface area contributed by atoms with Crippen LogP contribution in [0.4, 0.5) is 0 Å². The van der Waals surface area contributed by atoms with Gasteiger partial charge >= 0.3 is 0 Å². The van der Waals surface area contributed by atoms with Gasteiger partial charge in [0, 0.05) is 0 Å². The largest absolute Gasteiger partial charge is 0.483 e. The molecule has 0 atom stereocenters. The number of rotatable bonds is 5. The van der Waals surface area contributed by atoms with Crippen LogP contribution in [0.2, 0.25) is 0 Å². The number of benzene rings is 1. The standard InChI is InChI=1S/C16H19N3O4/c1-4-12-15(11(3)23-19-12)16(21)18-17-14(20)9-22-13-8-6-5-7-10(13)2/h5-8H,4,9H2,1-3H3,(H,17,20)(H,18,21). The second kappa shape index (κ2) is 7.44. The molecule has 23 heavy (non-hydrogen) atoms. The summed E-state index contributed by atoms with van der Waals surface area (Å²) in [4.78, 5) is 23.8. The molecule has 2 amide bonds. The average Bonchev–Trinajstić information content (AvgIpc) is 2.92. The summed E-state index contributed by atoms with van der Waals surface area (Å²) in [5.41, 5.74) is 6.45. The van der Waals surface area contributed by atoms with Crippen molar-refractivity contribution in [1.29, 1.82) is 0 Å². The van der Waals surface area contributed by atoms with Crippen molar-refractivity contribution in [3.05, 3.63) is 46.8 Å². The number of para-hydroxylation sites is 1. The highest BCUT2D eigenvalue weighted by atomic mass is 16.5. The van der Waals surface area contributed by atoms with Gasteiger partial charge in [-0.25, -0.2) is 0 Å². The van der Waals surface area contributed by atoms with Crippen LogP contribution >= 0.6 is 0 Å². The van der Waals surface area contributed by atoms with E-state index in [9.17, 15) is 9.59 Å². The van der Waals surface area contributed by atoms with Crippen molar-refractivity contribution in [2.24, 2.45) is 0 Å². The Labute approximate surface area is 134 Å². The number of aromatic nitrogens is 1. The van der Waals surface area contributed by atoms with Crippen LogP contribution in [0.3, 0.4) is 0 Å². The van der Waals surface area contributed by atoms with E-state index < -0.39 is 11.8 Å². The van der Waals surface area contributed by atoms with Crippen LogP contribution in [0.15, 0.2) is 28.8 Å². The molecule has 2 rings (SSSR count). The van der Waals surface area contributed by atoms with E-state index in [1.165, 1.54) is 0 Å². The van der Waals surface area contributed by atoms with Crippen molar-refractivity contribution >= 4 is 11.8 Å². The fourth-order valence-corrected chi connectivity index (χ4v) is 2.04. The van der Waals surface area contributed by atoms with E-state index >= 15 is 0 Å². The molecule has 1 heterocycles. The Balaban J connectivity index is 1.86. The van der Waals surface area contributed by atoms with Gasteiger partial charge in [0.25, 0.3) is 11.8 Å². The molecule has 0 bridgehead atoms. The zero-order valence-electron chi connectivity index (χ0n) is 13.3. The lowest BCUT2D eigenvalue weighted by molar-refractivity contribution is -0.123. The molecule has 0 aliphatic rings. The Bertz CT molecular complexity index is 709. The topological polar surface area (TPSA) is 93.5 Å². The smallest absolute Gasteiger partial charge is 0.276 e. The fraction of sp³-hybridized carbons (Fsp3) is 0.312. The van der Waals surface area contributed by atoms with Gasteiger partial charge in [-0.15, -0.1) is 0 Å². The molecule has 0 radical (unpaired) electrons. The molecule has 0 aliphatic carbocycles. The monoisotopic (exact) mass is 317 g/mol. The van der Waals surface area contributed by atoms with Gasteiger partial charge < -0.3 is 9.26 Å². The number of hydrazine groups is 1. The summed E-state index contributed by atoms with van der Waals surface area (Å²) >= 11 is 0. The van der Waals surface area contributed by atoms with Crippen LogP contribution in [0, 0.1) is 13.8 Å². The van der Waals surface area contributed by atoms with Crippen LogP contribution < -0.4 is 15.6 Å². The second-order valence-electron chi connectivity index (χ2n) is 4.97. The first-order valence-electron chi connectivity index (χ1n) is 7.25. The Morgan fingerprint density at radius 3 is 2.65 bits per heavy atom. The maximum Gasteiger partial charge on any atom is 0.276 e. The number of nitrogens with zero attached hydrogens (tertiary/aromatic N) is 1. The molecule has 0 saturated heterocycles. The number of hydrogen-bond acceptors (Lipinski definition) is 5. The maximum atomic E-state index is 12.1. The predicted molar refractivity (Wildman–Crippen MR) is 82.9 cm³/mol. The first-order valence-corrected chi connectivity index (χ1v) is 7.25. The molecule has 0 aliphatic heterocycles. The van der Waals surface area contributed by atoms with Gasteiger partial charge in [0.05, 0.1) is 5.69 Å². The van der Waals surface area contributed by atoms with Crippen molar-refractivity contribution in [2.45, 2.75) is 27.2 Å². The molecule has 0 spiro atoms. The SMILES string of the molecule is CCc1noc(C)c1C(=O)NNC(=O)COc1ccccc1C. The van der Waals surface area contributed by atoms with Crippen LogP contribution in [0.1, 0.15) is 34.3 Å². The summed E-state index contributed by atoms with van der Waals surface area (Å²) in [5, 5.41) is 3.79. The summed E-state index contributed by atoms with van der Waals surface area (Å²) in [6.07, 6.45) is 0.560. The van der Waals surface area contributed by atoms with E-state index in [1.807, 2.05) is 32.0 Å². The van der Waals surface area contributed by atoms with Crippen LogP contribution in [-0.4, -0.2) is 23.6 Å². The van der Waals surface area contributed by atoms with Gasteiger partial charge in [-0.1, -0.05) is 30.3 Å². The third kappa shape index (κ3) is 4.09. The summed E-state index contributed by atoms with van der Waals surface area (Å²) in [5.74, 6) is 0.0977. The summed E-state index contributed by atoms with van der Waals surface area (Å²) in [6.45, 7) is 5.19. The average molecular weight is 317 g/mol. The number of hydrogen-bond donors (Lipinski definition) is 2. The lowest BCUT2D eigenvalue weighted by Crippen LogP contribution is -2.44. The van der Waals surface area contributed by atoms with E-state index in [1.54, 1.807) is 13.0 Å². The maximum absolute atomic E-state index is 12.1. The van der Waals surface area contributed by atoms with Gasteiger partial charge in [0.1, 0.15) is 17.1 Å². The molecule has 2 aromatic rings. The number of aryl methyl sites for hydroxylation is 3. The number of amides is 2. The first-order chi connectivity index (χ1) is 11.0. The van der Waals surface area contributed by atoms with Crippen molar-refractivity contribution in [3.8, 4) is 5.75 Å².